The van der Waals surface area contributed by atoms with E-state index < -0.39 is 0 Å². The van der Waals surface area contributed by atoms with Gasteiger partial charge in [-0.05, 0) is 25.1 Å². The van der Waals surface area contributed by atoms with Gasteiger partial charge in [0.1, 0.15) is 5.82 Å². The predicted octanol–water partition coefficient (Wildman–Crippen LogP) is 2.82. The number of carbonyl (C=O) groups is 1. The van der Waals surface area contributed by atoms with Crippen LogP contribution in [0.4, 0.5) is 5.69 Å². The highest BCUT2D eigenvalue weighted by atomic mass is 35.5. The van der Waals surface area contributed by atoms with Gasteiger partial charge in [-0.3, -0.25) is 4.79 Å². The van der Waals surface area contributed by atoms with Gasteiger partial charge in [0.2, 0.25) is 5.91 Å². The van der Waals surface area contributed by atoms with Crippen molar-refractivity contribution in [3.05, 3.63) is 35.1 Å². The molecule has 0 spiro atoms. The molecule has 0 aliphatic rings. The Kier molecular flexibility index (Phi) is 6.02. The molecule has 0 unspecified atom stereocenters. The summed E-state index contributed by atoms with van der Waals surface area (Å²) in [6.45, 7) is 2.18. The smallest absolute Gasteiger partial charge is 0.237 e. The first-order valence-corrected chi connectivity index (χ1v) is 8.31. The third kappa shape index (κ3) is 4.47. The zero-order chi connectivity index (χ0) is 16.8. The molecule has 1 amide bonds. The lowest BCUT2D eigenvalue weighted by molar-refractivity contribution is -0.116. The maximum Gasteiger partial charge on any atom is 0.237 e. The molecule has 0 radical (unpaired) electrons. The van der Waals surface area contributed by atoms with Crippen LogP contribution in [-0.2, 0) is 11.8 Å². The Morgan fingerprint density at radius 3 is 2.87 bits per heavy atom. The maximum atomic E-state index is 12.5. The molecule has 120 valence electrons. The van der Waals surface area contributed by atoms with Crippen molar-refractivity contribution in [2.75, 3.05) is 17.2 Å². The predicted molar refractivity (Wildman–Crippen MR) is 90.5 cm³/mol. The molecular weight excluding hydrogens is 334 g/mol. The minimum atomic E-state index is -0.104. The van der Waals surface area contributed by atoms with E-state index in [1.54, 1.807) is 29.2 Å². The van der Waals surface area contributed by atoms with Crippen LogP contribution in [0.1, 0.15) is 12.2 Å². The van der Waals surface area contributed by atoms with Crippen LogP contribution in [0.3, 0.4) is 0 Å². The molecule has 1 aromatic heterocycles. The molecule has 0 saturated carbocycles. The summed E-state index contributed by atoms with van der Waals surface area (Å²) >= 11 is 7.31. The van der Waals surface area contributed by atoms with Gasteiger partial charge in [-0.2, -0.15) is 5.26 Å². The Bertz CT molecular complexity index is 740. The highest BCUT2D eigenvalue weighted by molar-refractivity contribution is 7.99. The number of nitriles is 1. The number of anilines is 1. The standard InChI is InChI=1S/C15H16ClN5OS/c1-11-18-19-15(20(11)2)23-10-14(22)21(8-4-7-17)13-6-3-5-12(16)9-13/h3,5-6,9H,4,8,10H2,1-2H3. The molecular formula is C15H16ClN5OS. The van der Waals surface area contributed by atoms with Crippen LogP contribution in [-0.4, -0.2) is 33.0 Å². The lowest BCUT2D eigenvalue weighted by Gasteiger charge is -2.21. The summed E-state index contributed by atoms with van der Waals surface area (Å²) in [6.07, 6.45) is 0.256. The average molecular weight is 350 g/mol. The molecule has 23 heavy (non-hydrogen) atoms. The number of benzene rings is 1. The van der Waals surface area contributed by atoms with Gasteiger partial charge < -0.3 is 9.47 Å². The van der Waals surface area contributed by atoms with Gasteiger partial charge in [0.15, 0.2) is 5.16 Å². The number of amides is 1. The van der Waals surface area contributed by atoms with E-state index in [9.17, 15) is 4.79 Å². The number of halogens is 1. The molecule has 2 aromatic rings. The number of carbonyl (C=O) groups excluding carboxylic acids is 1. The third-order valence-corrected chi connectivity index (χ3v) is 4.49. The fourth-order valence-electron chi connectivity index (χ4n) is 1.92. The molecule has 6 nitrogen and oxygen atoms in total. The van der Waals surface area contributed by atoms with Crippen LogP contribution >= 0.6 is 23.4 Å². The Labute approximate surface area is 144 Å². The summed E-state index contributed by atoms with van der Waals surface area (Å²) < 4.78 is 1.83. The SMILES string of the molecule is Cc1nnc(SCC(=O)N(CCC#N)c2cccc(Cl)c2)n1C. The maximum absolute atomic E-state index is 12.5. The van der Waals surface area contributed by atoms with Gasteiger partial charge >= 0.3 is 0 Å². The number of aromatic nitrogens is 3. The molecule has 0 fully saturated rings. The van der Waals surface area contributed by atoms with Crippen molar-refractivity contribution in [2.24, 2.45) is 7.05 Å². The largest absolute Gasteiger partial charge is 0.311 e. The van der Waals surface area contributed by atoms with Crippen LogP contribution in [0.2, 0.25) is 5.02 Å². The minimum Gasteiger partial charge on any atom is -0.311 e. The van der Waals surface area contributed by atoms with Crippen molar-refractivity contribution in [1.82, 2.24) is 14.8 Å². The molecule has 2 rings (SSSR count). The van der Waals surface area contributed by atoms with E-state index in [1.807, 2.05) is 18.5 Å². The quantitative estimate of drug-likeness (QED) is 0.749. The molecule has 0 bridgehead atoms. The summed E-state index contributed by atoms with van der Waals surface area (Å²) in [5.74, 6) is 0.897. The normalized spacial score (nSPS) is 10.3. The van der Waals surface area contributed by atoms with Crippen molar-refractivity contribution >= 4 is 35.0 Å². The van der Waals surface area contributed by atoms with Crippen molar-refractivity contribution in [3.8, 4) is 6.07 Å². The molecule has 0 aliphatic carbocycles. The van der Waals surface area contributed by atoms with E-state index in [0.29, 0.717) is 22.4 Å². The monoisotopic (exact) mass is 349 g/mol. The number of aryl methyl sites for hydroxylation is 1. The van der Waals surface area contributed by atoms with Crippen molar-refractivity contribution in [3.63, 3.8) is 0 Å². The summed E-state index contributed by atoms with van der Waals surface area (Å²) in [5.41, 5.74) is 0.687. The Balaban J connectivity index is 2.10. The number of nitrogens with zero attached hydrogens (tertiary/aromatic N) is 5. The number of hydrogen-bond acceptors (Lipinski definition) is 5. The topological polar surface area (TPSA) is 74.8 Å². The third-order valence-electron chi connectivity index (χ3n) is 3.25. The lowest BCUT2D eigenvalue weighted by atomic mass is 10.2. The number of hydrogen-bond donors (Lipinski definition) is 0. The fourth-order valence-corrected chi connectivity index (χ4v) is 2.94. The molecule has 1 heterocycles. The van der Waals surface area contributed by atoms with Gasteiger partial charge in [0.05, 0.1) is 18.2 Å². The zero-order valence-corrected chi connectivity index (χ0v) is 14.4. The van der Waals surface area contributed by atoms with E-state index >= 15 is 0 Å². The number of rotatable bonds is 6. The fraction of sp³-hybridized carbons (Fsp3) is 0.333. The van der Waals surface area contributed by atoms with Gasteiger partial charge in [-0.1, -0.05) is 29.4 Å². The van der Waals surface area contributed by atoms with Crippen molar-refractivity contribution in [1.29, 1.82) is 5.26 Å². The molecule has 0 atom stereocenters. The van der Waals surface area contributed by atoms with Crippen LogP contribution < -0.4 is 4.90 Å². The summed E-state index contributed by atoms with van der Waals surface area (Å²) in [5, 5.41) is 18.0. The molecule has 8 heteroatoms. The molecule has 0 aliphatic heterocycles. The van der Waals surface area contributed by atoms with Crippen LogP contribution in [0.25, 0.3) is 0 Å². The van der Waals surface area contributed by atoms with Gasteiger partial charge in [0, 0.05) is 24.3 Å². The van der Waals surface area contributed by atoms with Crippen molar-refractivity contribution < 1.29 is 4.79 Å². The van der Waals surface area contributed by atoms with Gasteiger partial charge in [-0.25, -0.2) is 0 Å². The van der Waals surface area contributed by atoms with Gasteiger partial charge in [-0.15, -0.1) is 10.2 Å². The highest BCUT2D eigenvalue weighted by Crippen LogP contribution is 2.22. The Hall–Kier alpha value is -2.04. The average Bonchev–Trinajstić information content (AvgIpc) is 2.85. The Morgan fingerprint density at radius 1 is 1.48 bits per heavy atom. The summed E-state index contributed by atoms with van der Waals surface area (Å²) in [4.78, 5) is 14.1. The zero-order valence-electron chi connectivity index (χ0n) is 12.9. The van der Waals surface area contributed by atoms with E-state index in [2.05, 4.69) is 16.3 Å². The highest BCUT2D eigenvalue weighted by Gasteiger charge is 2.17. The Morgan fingerprint density at radius 2 is 2.26 bits per heavy atom. The second-order valence-electron chi connectivity index (χ2n) is 4.81. The lowest BCUT2D eigenvalue weighted by Crippen LogP contribution is -2.33. The molecule has 0 saturated heterocycles. The van der Waals surface area contributed by atoms with E-state index in [-0.39, 0.29) is 18.1 Å². The number of thioether (sulfide) groups is 1. The van der Waals surface area contributed by atoms with E-state index in [0.717, 1.165) is 5.82 Å². The van der Waals surface area contributed by atoms with Crippen LogP contribution in [0, 0.1) is 18.3 Å². The molecule has 1 aromatic carbocycles. The second-order valence-corrected chi connectivity index (χ2v) is 6.19. The van der Waals surface area contributed by atoms with E-state index in [1.165, 1.54) is 11.8 Å². The first-order valence-electron chi connectivity index (χ1n) is 6.94. The first-order chi connectivity index (χ1) is 11.0. The van der Waals surface area contributed by atoms with Crippen molar-refractivity contribution in [2.45, 2.75) is 18.5 Å². The van der Waals surface area contributed by atoms with E-state index in [4.69, 9.17) is 16.9 Å². The summed E-state index contributed by atoms with van der Waals surface area (Å²) in [7, 11) is 1.85. The van der Waals surface area contributed by atoms with Gasteiger partial charge in [0.25, 0.3) is 0 Å². The van der Waals surface area contributed by atoms with Crippen LogP contribution in [0.5, 0.6) is 0 Å². The second kappa shape index (κ2) is 7.99. The summed E-state index contributed by atoms with van der Waals surface area (Å²) in [6, 6.07) is 9.11. The van der Waals surface area contributed by atoms with Crippen LogP contribution in [0.15, 0.2) is 29.4 Å². The molecule has 0 N–H and O–H groups in total. The minimum absolute atomic E-state index is 0.104. The first kappa shape index (κ1) is 17.3.